The molecule has 1 saturated heterocycles. The second-order valence-electron chi connectivity index (χ2n) is 7.40. The summed E-state index contributed by atoms with van der Waals surface area (Å²) in [5, 5.41) is 12.3. The Hall–Kier alpha value is -2.65. The summed E-state index contributed by atoms with van der Waals surface area (Å²) in [4.78, 5) is 4.41. The van der Waals surface area contributed by atoms with E-state index in [2.05, 4.69) is 20.5 Å². The Kier molecular flexibility index (Phi) is 5.90. The molecule has 164 valence electrons. The highest BCUT2D eigenvalue weighted by Gasteiger charge is 2.30. The summed E-state index contributed by atoms with van der Waals surface area (Å²) in [6, 6.07) is 6.43. The number of pyridine rings is 1. The monoisotopic (exact) mass is 452 g/mol. The third-order valence-corrected chi connectivity index (χ3v) is 5.36. The highest BCUT2D eigenvalue weighted by atomic mass is 35.5. The fourth-order valence-electron chi connectivity index (χ4n) is 3.40. The number of alkyl halides is 3. The lowest BCUT2D eigenvalue weighted by Gasteiger charge is -2.19. The van der Waals surface area contributed by atoms with E-state index in [1.54, 1.807) is 26.0 Å². The Labute approximate surface area is 181 Å². The van der Waals surface area contributed by atoms with Crippen LogP contribution in [0.2, 0.25) is 5.15 Å². The number of halogens is 4. The van der Waals surface area contributed by atoms with Crippen LogP contribution in [0.4, 0.5) is 19.0 Å². The number of nitrogens with one attached hydrogen (secondary N) is 1. The van der Waals surface area contributed by atoms with Crippen molar-refractivity contribution in [3.8, 4) is 5.75 Å². The summed E-state index contributed by atoms with van der Waals surface area (Å²) < 4.78 is 50.5. The van der Waals surface area contributed by atoms with Crippen LogP contribution in [0.25, 0.3) is 10.9 Å². The van der Waals surface area contributed by atoms with Crippen LogP contribution in [0.15, 0.2) is 30.3 Å². The van der Waals surface area contributed by atoms with E-state index in [0.717, 1.165) is 18.6 Å². The molecule has 0 radical (unpaired) electrons. The Bertz CT molecular complexity index is 1100. The summed E-state index contributed by atoms with van der Waals surface area (Å²) in [6.07, 6.45) is -3.78. The van der Waals surface area contributed by atoms with E-state index in [0.29, 0.717) is 46.9 Å². The normalized spacial score (nSPS) is 17.7. The van der Waals surface area contributed by atoms with Gasteiger partial charge in [0.05, 0.1) is 41.4 Å². The van der Waals surface area contributed by atoms with Crippen molar-refractivity contribution >= 4 is 28.3 Å². The molecule has 1 aliphatic rings. The molecule has 1 fully saturated rings. The molecular formula is C21H20ClF3N4O2. The topological polar surface area (TPSA) is 69.2 Å². The summed E-state index contributed by atoms with van der Waals surface area (Å²) in [5.41, 5.74) is 0.868. The van der Waals surface area contributed by atoms with Gasteiger partial charge in [0, 0.05) is 6.42 Å². The fraction of sp³-hybridized carbons (Fsp3) is 0.381. The first-order valence-electron chi connectivity index (χ1n) is 9.74. The van der Waals surface area contributed by atoms with Gasteiger partial charge in [0.15, 0.2) is 16.7 Å². The van der Waals surface area contributed by atoms with Gasteiger partial charge in [0.1, 0.15) is 6.10 Å². The fourth-order valence-corrected chi connectivity index (χ4v) is 3.59. The van der Waals surface area contributed by atoms with Gasteiger partial charge in [-0.15, -0.1) is 5.10 Å². The van der Waals surface area contributed by atoms with E-state index in [1.807, 2.05) is 0 Å². The number of hydrogen-bond donors (Lipinski definition) is 1. The van der Waals surface area contributed by atoms with Crippen molar-refractivity contribution in [2.45, 2.75) is 38.6 Å². The predicted octanol–water partition coefficient (Wildman–Crippen LogP) is 5.35. The van der Waals surface area contributed by atoms with Gasteiger partial charge >= 0.3 is 6.18 Å². The number of benzene rings is 1. The first-order chi connectivity index (χ1) is 14.7. The molecule has 0 bridgehead atoms. The molecule has 3 heterocycles. The van der Waals surface area contributed by atoms with Gasteiger partial charge in [0.2, 0.25) is 0 Å². The van der Waals surface area contributed by atoms with Gasteiger partial charge in [-0.2, -0.15) is 18.3 Å². The summed E-state index contributed by atoms with van der Waals surface area (Å²) in [7, 11) is 0. The summed E-state index contributed by atoms with van der Waals surface area (Å²) >= 11 is 6.32. The van der Waals surface area contributed by atoms with Crippen molar-refractivity contribution < 1.29 is 22.6 Å². The van der Waals surface area contributed by atoms with Crippen LogP contribution in [-0.4, -0.2) is 34.5 Å². The zero-order chi connectivity index (χ0) is 22.2. The summed E-state index contributed by atoms with van der Waals surface area (Å²) in [6.45, 7) is 4.60. The molecular weight excluding hydrogens is 433 g/mol. The maximum Gasteiger partial charge on any atom is 0.416 e. The maximum atomic E-state index is 13.1. The second-order valence-corrected chi connectivity index (χ2v) is 7.76. The van der Waals surface area contributed by atoms with Crippen LogP contribution in [0.1, 0.15) is 36.2 Å². The SMILES string of the molecule is Cc1nnc(N[C@H](C)c2cccc(C(F)(F)F)c2)c2cc(O[C@H]3CCOC3)c(Cl)nc12. The molecule has 31 heavy (non-hydrogen) atoms. The zero-order valence-corrected chi connectivity index (χ0v) is 17.6. The van der Waals surface area contributed by atoms with Gasteiger partial charge < -0.3 is 14.8 Å². The molecule has 2 atom stereocenters. The van der Waals surface area contributed by atoms with E-state index < -0.39 is 17.8 Å². The van der Waals surface area contributed by atoms with Gasteiger partial charge in [0.25, 0.3) is 0 Å². The molecule has 1 aliphatic heterocycles. The van der Waals surface area contributed by atoms with Crippen molar-refractivity contribution in [1.29, 1.82) is 0 Å². The lowest BCUT2D eigenvalue weighted by molar-refractivity contribution is -0.137. The second kappa shape index (κ2) is 8.47. The van der Waals surface area contributed by atoms with Gasteiger partial charge in [-0.1, -0.05) is 23.7 Å². The van der Waals surface area contributed by atoms with Crippen molar-refractivity contribution in [3.63, 3.8) is 0 Å². The smallest absolute Gasteiger partial charge is 0.416 e. The molecule has 0 amide bonds. The average Bonchev–Trinajstić information content (AvgIpc) is 3.24. The Balaban J connectivity index is 1.67. The highest BCUT2D eigenvalue weighted by Crippen LogP contribution is 2.35. The van der Waals surface area contributed by atoms with Gasteiger partial charge in [-0.25, -0.2) is 4.98 Å². The number of ether oxygens (including phenoxy) is 2. The largest absolute Gasteiger partial charge is 0.485 e. The summed E-state index contributed by atoms with van der Waals surface area (Å²) in [5.74, 6) is 0.772. The third kappa shape index (κ3) is 4.67. The Morgan fingerprint density at radius 3 is 2.77 bits per heavy atom. The minimum Gasteiger partial charge on any atom is -0.485 e. The van der Waals surface area contributed by atoms with Crippen LogP contribution in [-0.2, 0) is 10.9 Å². The molecule has 1 N–H and O–H groups in total. The standard InChI is InChI=1S/C21H20ClF3N4O2/c1-11(13-4-3-5-14(8-13)21(23,24)25)26-20-16-9-17(31-15-6-7-30-10-15)19(22)27-18(16)12(2)28-29-20/h3-5,8-9,11,15H,6-7,10H2,1-2H3,(H,26,29)/t11-,15+/m1/s1. The lowest BCUT2D eigenvalue weighted by Crippen LogP contribution is -2.16. The van der Waals surface area contributed by atoms with Crippen molar-refractivity contribution in [1.82, 2.24) is 15.2 Å². The number of anilines is 1. The first-order valence-corrected chi connectivity index (χ1v) is 10.1. The van der Waals surface area contributed by atoms with E-state index >= 15 is 0 Å². The average molecular weight is 453 g/mol. The molecule has 2 aromatic heterocycles. The molecule has 0 spiro atoms. The van der Waals surface area contributed by atoms with Crippen molar-refractivity contribution in [3.05, 3.63) is 52.3 Å². The van der Waals surface area contributed by atoms with Crippen LogP contribution in [0.5, 0.6) is 5.75 Å². The molecule has 10 heteroatoms. The number of rotatable bonds is 5. The lowest BCUT2D eigenvalue weighted by atomic mass is 10.0. The maximum absolute atomic E-state index is 13.1. The predicted molar refractivity (Wildman–Crippen MR) is 110 cm³/mol. The van der Waals surface area contributed by atoms with Crippen molar-refractivity contribution in [2.75, 3.05) is 18.5 Å². The minimum absolute atomic E-state index is 0.118. The number of hydrogen-bond acceptors (Lipinski definition) is 6. The zero-order valence-electron chi connectivity index (χ0n) is 16.8. The van der Waals surface area contributed by atoms with Crippen LogP contribution in [0, 0.1) is 6.92 Å². The Morgan fingerprint density at radius 1 is 1.26 bits per heavy atom. The number of fused-ring (bicyclic) bond motifs is 1. The first kappa shape index (κ1) is 21.6. The van der Waals surface area contributed by atoms with E-state index in [4.69, 9.17) is 21.1 Å². The Morgan fingerprint density at radius 2 is 2.06 bits per heavy atom. The molecule has 0 unspecified atom stereocenters. The highest BCUT2D eigenvalue weighted by molar-refractivity contribution is 6.31. The van der Waals surface area contributed by atoms with E-state index in [9.17, 15) is 13.2 Å². The number of aryl methyl sites for hydroxylation is 1. The molecule has 6 nitrogen and oxygen atoms in total. The molecule has 0 saturated carbocycles. The van der Waals surface area contributed by atoms with Gasteiger partial charge in [-0.05, 0) is 37.6 Å². The molecule has 0 aliphatic carbocycles. The molecule has 3 aromatic rings. The van der Waals surface area contributed by atoms with Crippen LogP contribution < -0.4 is 10.1 Å². The molecule has 4 rings (SSSR count). The third-order valence-electron chi connectivity index (χ3n) is 5.09. The van der Waals surface area contributed by atoms with Crippen LogP contribution >= 0.6 is 11.6 Å². The van der Waals surface area contributed by atoms with Crippen LogP contribution in [0.3, 0.4) is 0 Å². The van der Waals surface area contributed by atoms with Crippen molar-refractivity contribution in [2.24, 2.45) is 0 Å². The van der Waals surface area contributed by atoms with E-state index in [-0.39, 0.29) is 11.3 Å². The number of nitrogens with zero attached hydrogens (tertiary/aromatic N) is 3. The quantitative estimate of drug-likeness (QED) is 0.526. The van der Waals surface area contributed by atoms with Gasteiger partial charge in [-0.3, -0.25) is 0 Å². The minimum atomic E-state index is -4.41. The molecule has 1 aromatic carbocycles. The van der Waals surface area contributed by atoms with E-state index in [1.165, 1.54) is 6.07 Å². The number of aromatic nitrogens is 3.